The molecule has 0 saturated carbocycles. The van der Waals surface area contributed by atoms with Gasteiger partial charge in [-0.2, -0.15) is 0 Å². The molecule has 0 aromatic heterocycles. The van der Waals surface area contributed by atoms with E-state index < -0.39 is 10.0 Å². The number of carbonyl (C=O) groups excluding carboxylic acids is 1. The first-order chi connectivity index (χ1) is 10.7. The smallest absolute Gasteiger partial charge is 0.255 e. The van der Waals surface area contributed by atoms with E-state index in [1.54, 1.807) is 25.1 Å². The van der Waals surface area contributed by atoms with Crippen molar-refractivity contribution in [2.24, 2.45) is 0 Å². The maximum atomic E-state index is 12.4. The second kappa shape index (κ2) is 6.42. The van der Waals surface area contributed by atoms with Gasteiger partial charge in [-0.05, 0) is 56.2 Å². The molecular formula is C17H20N2O3S. The standard InChI is InChI=1S/C17H20N2O3S/c1-11-5-7-15(12(2)9-11)18-17(20)14-6-8-16(13(3)10-14)19-23(4,21)22/h5-10,19H,1-4H3,(H,18,20). The topological polar surface area (TPSA) is 75.3 Å². The highest BCUT2D eigenvalue weighted by Gasteiger charge is 2.11. The Kier molecular flexibility index (Phi) is 4.75. The molecule has 0 heterocycles. The van der Waals surface area contributed by atoms with Crippen LogP contribution >= 0.6 is 0 Å². The number of amides is 1. The summed E-state index contributed by atoms with van der Waals surface area (Å²) in [6.45, 7) is 5.68. The van der Waals surface area contributed by atoms with Crippen LogP contribution in [0.5, 0.6) is 0 Å². The number of hydrogen-bond acceptors (Lipinski definition) is 3. The van der Waals surface area contributed by atoms with E-state index in [0.717, 1.165) is 23.1 Å². The number of sulfonamides is 1. The predicted octanol–water partition coefficient (Wildman–Crippen LogP) is 3.24. The minimum Gasteiger partial charge on any atom is -0.322 e. The van der Waals surface area contributed by atoms with Crippen LogP contribution in [0.4, 0.5) is 11.4 Å². The predicted molar refractivity (Wildman–Crippen MR) is 93.5 cm³/mol. The quantitative estimate of drug-likeness (QED) is 0.902. The van der Waals surface area contributed by atoms with Crippen LogP contribution in [0, 0.1) is 20.8 Å². The molecule has 0 aliphatic rings. The molecule has 1 amide bonds. The first kappa shape index (κ1) is 17.0. The zero-order valence-electron chi connectivity index (χ0n) is 13.6. The molecule has 2 aromatic carbocycles. The van der Waals surface area contributed by atoms with Gasteiger partial charge < -0.3 is 5.32 Å². The van der Waals surface area contributed by atoms with Crippen LogP contribution in [-0.4, -0.2) is 20.6 Å². The van der Waals surface area contributed by atoms with Crippen molar-refractivity contribution < 1.29 is 13.2 Å². The lowest BCUT2D eigenvalue weighted by atomic mass is 10.1. The van der Waals surface area contributed by atoms with Gasteiger partial charge in [-0.1, -0.05) is 17.7 Å². The minimum absolute atomic E-state index is 0.231. The molecular weight excluding hydrogens is 312 g/mol. The van der Waals surface area contributed by atoms with E-state index in [4.69, 9.17) is 0 Å². The van der Waals surface area contributed by atoms with E-state index in [2.05, 4.69) is 10.0 Å². The van der Waals surface area contributed by atoms with Crippen molar-refractivity contribution in [2.75, 3.05) is 16.3 Å². The summed E-state index contributed by atoms with van der Waals surface area (Å²) < 4.78 is 25.0. The van der Waals surface area contributed by atoms with Crippen molar-refractivity contribution >= 4 is 27.3 Å². The van der Waals surface area contributed by atoms with Crippen molar-refractivity contribution in [3.63, 3.8) is 0 Å². The van der Waals surface area contributed by atoms with E-state index in [1.807, 2.05) is 32.0 Å². The molecule has 0 aliphatic heterocycles. The molecule has 2 N–H and O–H groups in total. The van der Waals surface area contributed by atoms with E-state index >= 15 is 0 Å². The third-order valence-electron chi connectivity index (χ3n) is 3.41. The molecule has 6 heteroatoms. The lowest BCUT2D eigenvalue weighted by molar-refractivity contribution is 0.102. The van der Waals surface area contributed by atoms with Crippen molar-refractivity contribution in [2.45, 2.75) is 20.8 Å². The van der Waals surface area contributed by atoms with Crippen molar-refractivity contribution in [1.82, 2.24) is 0 Å². The molecule has 2 aromatic rings. The Labute approximate surface area is 136 Å². The Morgan fingerprint density at radius 2 is 1.52 bits per heavy atom. The number of aryl methyl sites for hydroxylation is 3. The summed E-state index contributed by atoms with van der Waals surface area (Å²) in [7, 11) is -3.34. The Hall–Kier alpha value is -2.34. The van der Waals surface area contributed by atoms with Gasteiger partial charge in [0.2, 0.25) is 10.0 Å². The largest absolute Gasteiger partial charge is 0.322 e. The fourth-order valence-electron chi connectivity index (χ4n) is 2.27. The highest BCUT2D eigenvalue weighted by atomic mass is 32.2. The summed E-state index contributed by atoms with van der Waals surface area (Å²) in [6.07, 6.45) is 1.09. The van der Waals surface area contributed by atoms with Gasteiger partial charge in [-0.25, -0.2) is 8.42 Å². The first-order valence-corrected chi connectivity index (χ1v) is 9.02. The summed E-state index contributed by atoms with van der Waals surface area (Å²) in [5, 5.41) is 2.87. The van der Waals surface area contributed by atoms with Gasteiger partial charge >= 0.3 is 0 Å². The maximum absolute atomic E-state index is 12.4. The molecule has 0 fully saturated rings. The monoisotopic (exact) mass is 332 g/mol. The van der Waals surface area contributed by atoms with E-state index in [9.17, 15) is 13.2 Å². The number of carbonyl (C=O) groups is 1. The normalized spacial score (nSPS) is 11.1. The third kappa shape index (κ3) is 4.56. The summed E-state index contributed by atoms with van der Waals surface area (Å²) in [6, 6.07) is 10.7. The van der Waals surface area contributed by atoms with Crippen LogP contribution in [0.1, 0.15) is 27.0 Å². The SMILES string of the molecule is Cc1ccc(NC(=O)c2ccc(NS(C)(=O)=O)c(C)c2)c(C)c1. The van der Waals surface area contributed by atoms with Crippen LogP contribution in [0.15, 0.2) is 36.4 Å². The summed E-state index contributed by atoms with van der Waals surface area (Å²) in [4.78, 5) is 12.4. The van der Waals surface area contributed by atoms with Crippen molar-refractivity contribution in [3.05, 3.63) is 58.7 Å². The fourth-order valence-corrected chi connectivity index (χ4v) is 2.90. The van der Waals surface area contributed by atoms with Crippen LogP contribution in [-0.2, 0) is 10.0 Å². The van der Waals surface area contributed by atoms with Crippen LogP contribution in [0.3, 0.4) is 0 Å². The second-order valence-electron chi connectivity index (χ2n) is 5.68. The average molecular weight is 332 g/mol. The molecule has 2 rings (SSSR count). The molecule has 23 heavy (non-hydrogen) atoms. The van der Waals surface area contributed by atoms with E-state index in [0.29, 0.717) is 16.8 Å². The number of anilines is 2. The van der Waals surface area contributed by atoms with Crippen molar-refractivity contribution in [3.8, 4) is 0 Å². The van der Waals surface area contributed by atoms with Crippen LogP contribution < -0.4 is 10.0 Å². The van der Waals surface area contributed by atoms with Crippen molar-refractivity contribution in [1.29, 1.82) is 0 Å². The number of rotatable bonds is 4. The number of nitrogens with one attached hydrogen (secondary N) is 2. The van der Waals surface area contributed by atoms with E-state index in [-0.39, 0.29) is 5.91 Å². The first-order valence-electron chi connectivity index (χ1n) is 7.13. The van der Waals surface area contributed by atoms with Gasteiger partial charge in [0.05, 0.1) is 11.9 Å². The molecule has 0 saturated heterocycles. The van der Waals surface area contributed by atoms with Gasteiger partial charge in [0.25, 0.3) is 5.91 Å². The Bertz CT molecular complexity index is 858. The zero-order valence-corrected chi connectivity index (χ0v) is 14.4. The molecule has 0 radical (unpaired) electrons. The summed E-state index contributed by atoms with van der Waals surface area (Å²) in [5.41, 5.74) is 4.51. The summed E-state index contributed by atoms with van der Waals surface area (Å²) >= 11 is 0. The van der Waals surface area contributed by atoms with Crippen LogP contribution in [0.25, 0.3) is 0 Å². The lowest BCUT2D eigenvalue weighted by Crippen LogP contribution is -2.14. The van der Waals surface area contributed by atoms with Gasteiger partial charge in [0.15, 0.2) is 0 Å². The van der Waals surface area contributed by atoms with Gasteiger partial charge in [0, 0.05) is 11.3 Å². The Morgan fingerprint density at radius 3 is 2.09 bits per heavy atom. The maximum Gasteiger partial charge on any atom is 0.255 e. The second-order valence-corrected chi connectivity index (χ2v) is 7.42. The van der Waals surface area contributed by atoms with Gasteiger partial charge in [0.1, 0.15) is 0 Å². The molecule has 122 valence electrons. The highest BCUT2D eigenvalue weighted by molar-refractivity contribution is 7.92. The van der Waals surface area contributed by atoms with E-state index in [1.165, 1.54) is 0 Å². The third-order valence-corrected chi connectivity index (χ3v) is 4.00. The summed E-state index contributed by atoms with van der Waals surface area (Å²) in [5.74, 6) is -0.231. The lowest BCUT2D eigenvalue weighted by Gasteiger charge is -2.12. The molecule has 0 unspecified atom stereocenters. The van der Waals surface area contributed by atoms with Gasteiger partial charge in [-0.3, -0.25) is 9.52 Å². The Balaban J connectivity index is 2.21. The zero-order chi connectivity index (χ0) is 17.2. The van der Waals surface area contributed by atoms with Gasteiger partial charge in [-0.15, -0.1) is 0 Å². The molecule has 0 spiro atoms. The average Bonchev–Trinajstić information content (AvgIpc) is 2.42. The molecule has 0 bridgehead atoms. The number of hydrogen-bond donors (Lipinski definition) is 2. The van der Waals surface area contributed by atoms with Crippen LogP contribution in [0.2, 0.25) is 0 Å². The fraction of sp³-hybridized carbons (Fsp3) is 0.235. The number of benzene rings is 2. The molecule has 0 aliphatic carbocycles. The highest BCUT2D eigenvalue weighted by Crippen LogP contribution is 2.20. The molecule has 0 atom stereocenters. The Morgan fingerprint density at radius 1 is 0.913 bits per heavy atom. The molecule has 5 nitrogen and oxygen atoms in total. The minimum atomic E-state index is -3.34.